The van der Waals surface area contributed by atoms with E-state index in [0.717, 1.165) is 0 Å². The number of anilines is 1. The maximum atomic E-state index is 11.5. The Bertz CT molecular complexity index is 521. The van der Waals surface area contributed by atoms with Gasteiger partial charge in [0.1, 0.15) is 36.6 Å². The quantitative estimate of drug-likeness (QED) is 0.720. The Morgan fingerprint density at radius 3 is 3.25 bits per heavy atom. The van der Waals surface area contributed by atoms with Gasteiger partial charge in [0, 0.05) is 0 Å². The first-order chi connectivity index (χ1) is 7.79. The van der Waals surface area contributed by atoms with Crippen LogP contribution in [0.1, 0.15) is 5.56 Å². The summed E-state index contributed by atoms with van der Waals surface area (Å²) in [6.45, 7) is 0.0316. The van der Waals surface area contributed by atoms with Crippen LogP contribution >= 0.6 is 0 Å². The van der Waals surface area contributed by atoms with E-state index in [1.807, 2.05) is 6.07 Å². The monoisotopic (exact) mass is 217 g/mol. The van der Waals surface area contributed by atoms with E-state index < -0.39 is 0 Å². The zero-order valence-electron chi connectivity index (χ0n) is 8.08. The Hall–Kier alpha value is -2.69. The lowest BCUT2D eigenvalue weighted by Crippen LogP contribution is -2.19. The topological polar surface area (TPSA) is 112 Å². The molecule has 0 aliphatic carbocycles. The lowest BCUT2D eigenvalue weighted by atomic mass is 10.3. The molecule has 1 amide bonds. The molecule has 0 unspecified atom stereocenters. The molecule has 0 saturated carbocycles. The minimum Gasteiger partial charge on any atom is -0.308 e. The number of rotatable bonds is 3. The summed E-state index contributed by atoms with van der Waals surface area (Å²) in [5, 5.41) is 21.1. The van der Waals surface area contributed by atoms with E-state index in [9.17, 15) is 4.79 Å². The maximum Gasteiger partial charge on any atom is 0.247 e. The van der Waals surface area contributed by atoms with Gasteiger partial charge in [-0.3, -0.25) is 9.89 Å². The number of nitrogens with zero attached hydrogens (tertiary/aromatic N) is 5. The van der Waals surface area contributed by atoms with Crippen molar-refractivity contribution in [3.8, 4) is 6.07 Å². The van der Waals surface area contributed by atoms with Gasteiger partial charge in [0.05, 0.1) is 6.20 Å². The van der Waals surface area contributed by atoms with Crippen LogP contribution in [0, 0.1) is 11.3 Å². The van der Waals surface area contributed by atoms with Crippen molar-refractivity contribution < 1.29 is 4.79 Å². The average Bonchev–Trinajstić information content (AvgIpc) is 2.88. The van der Waals surface area contributed by atoms with Gasteiger partial charge in [-0.05, 0) is 0 Å². The van der Waals surface area contributed by atoms with E-state index in [0.29, 0.717) is 0 Å². The molecule has 0 bridgehead atoms. The number of hydrogen-bond donors (Lipinski definition) is 2. The number of carbonyl (C=O) groups excluding carboxylic acids is 1. The Morgan fingerprint density at radius 2 is 2.56 bits per heavy atom. The highest BCUT2D eigenvalue weighted by molar-refractivity contribution is 5.90. The van der Waals surface area contributed by atoms with Gasteiger partial charge in [-0.1, -0.05) is 0 Å². The third kappa shape index (κ3) is 2.03. The second kappa shape index (κ2) is 4.22. The Labute approximate surface area is 89.9 Å². The van der Waals surface area contributed by atoms with Crippen molar-refractivity contribution in [2.45, 2.75) is 6.54 Å². The number of aromatic amines is 1. The van der Waals surface area contributed by atoms with Crippen LogP contribution in [0.15, 0.2) is 18.9 Å². The van der Waals surface area contributed by atoms with Crippen molar-refractivity contribution in [2.24, 2.45) is 0 Å². The van der Waals surface area contributed by atoms with Crippen molar-refractivity contribution in [3.63, 3.8) is 0 Å². The molecular formula is C8H7N7O. The largest absolute Gasteiger partial charge is 0.308 e. The minimum atomic E-state index is -0.314. The van der Waals surface area contributed by atoms with Gasteiger partial charge in [-0.15, -0.1) is 0 Å². The van der Waals surface area contributed by atoms with Crippen LogP contribution in [0.3, 0.4) is 0 Å². The van der Waals surface area contributed by atoms with Crippen LogP contribution in [0.5, 0.6) is 0 Å². The Kier molecular flexibility index (Phi) is 2.60. The molecule has 16 heavy (non-hydrogen) atoms. The van der Waals surface area contributed by atoms with E-state index in [-0.39, 0.29) is 23.8 Å². The van der Waals surface area contributed by atoms with Gasteiger partial charge in [0.15, 0.2) is 0 Å². The highest BCUT2D eigenvalue weighted by Crippen LogP contribution is 2.08. The van der Waals surface area contributed by atoms with E-state index in [4.69, 9.17) is 5.26 Å². The van der Waals surface area contributed by atoms with Gasteiger partial charge in [0.25, 0.3) is 0 Å². The number of hydrogen-bond acceptors (Lipinski definition) is 5. The fourth-order valence-corrected chi connectivity index (χ4v) is 1.11. The smallest absolute Gasteiger partial charge is 0.247 e. The SMILES string of the molecule is N#Cc1cn[nH]c1NC(=O)Cn1cncn1. The third-order valence-corrected chi connectivity index (χ3v) is 1.80. The Balaban J connectivity index is 2.01. The van der Waals surface area contributed by atoms with Crippen molar-refractivity contribution >= 4 is 11.7 Å². The van der Waals surface area contributed by atoms with E-state index in [1.165, 1.54) is 23.5 Å². The van der Waals surface area contributed by atoms with Crippen molar-refractivity contribution in [2.75, 3.05) is 5.32 Å². The lowest BCUT2D eigenvalue weighted by molar-refractivity contribution is -0.116. The summed E-state index contributed by atoms with van der Waals surface area (Å²) in [7, 11) is 0. The van der Waals surface area contributed by atoms with Crippen molar-refractivity contribution in [1.29, 1.82) is 5.26 Å². The predicted octanol–water partition coefficient (Wildman–Crippen LogP) is -0.488. The van der Waals surface area contributed by atoms with E-state index in [1.54, 1.807) is 0 Å². The summed E-state index contributed by atoms with van der Waals surface area (Å²) in [6, 6.07) is 1.90. The van der Waals surface area contributed by atoms with Crippen molar-refractivity contribution in [1.82, 2.24) is 25.0 Å². The summed E-state index contributed by atoms with van der Waals surface area (Å²) in [6.07, 6.45) is 4.10. The van der Waals surface area contributed by atoms with Gasteiger partial charge in [0.2, 0.25) is 5.91 Å². The highest BCUT2D eigenvalue weighted by Gasteiger charge is 2.09. The zero-order valence-corrected chi connectivity index (χ0v) is 8.08. The average molecular weight is 217 g/mol. The summed E-state index contributed by atoms with van der Waals surface area (Å²) in [4.78, 5) is 15.2. The molecule has 2 N–H and O–H groups in total. The summed E-state index contributed by atoms with van der Waals surface area (Å²) in [5.41, 5.74) is 0.284. The van der Waals surface area contributed by atoms with E-state index in [2.05, 4.69) is 25.6 Å². The molecule has 0 aliphatic heterocycles. The molecule has 0 aromatic carbocycles. The zero-order chi connectivity index (χ0) is 11.4. The normalized spacial score (nSPS) is 9.69. The predicted molar refractivity (Wildman–Crippen MR) is 52.0 cm³/mol. The van der Waals surface area contributed by atoms with Crippen LogP contribution in [0.2, 0.25) is 0 Å². The Morgan fingerprint density at radius 1 is 1.69 bits per heavy atom. The van der Waals surface area contributed by atoms with Crippen molar-refractivity contribution in [3.05, 3.63) is 24.4 Å². The standard InChI is InChI=1S/C8H7N7O/c9-1-6-2-11-14-8(6)13-7(16)3-15-5-10-4-12-15/h2,4-5H,3H2,(H2,11,13,14,16). The molecule has 8 nitrogen and oxygen atoms in total. The molecule has 8 heteroatoms. The fourth-order valence-electron chi connectivity index (χ4n) is 1.11. The minimum absolute atomic E-state index is 0.0316. The number of H-pyrrole nitrogens is 1. The molecule has 0 atom stereocenters. The van der Waals surface area contributed by atoms with Crippen LogP contribution in [-0.2, 0) is 11.3 Å². The molecule has 2 aromatic heterocycles. The summed E-state index contributed by atoms with van der Waals surface area (Å²) < 4.78 is 1.37. The number of nitrogens with one attached hydrogen (secondary N) is 2. The first-order valence-electron chi connectivity index (χ1n) is 4.35. The molecule has 0 saturated heterocycles. The fraction of sp³-hybridized carbons (Fsp3) is 0.125. The van der Waals surface area contributed by atoms with Gasteiger partial charge in [-0.25, -0.2) is 9.67 Å². The van der Waals surface area contributed by atoms with Gasteiger partial charge < -0.3 is 5.32 Å². The number of nitriles is 1. The second-order valence-electron chi connectivity index (χ2n) is 2.91. The van der Waals surface area contributed by atoms with Crippen LogP contribution < -0.4 is 5.32 Å². The summed E-state index contributed by atoms with van der Waals surface area (Å²) in [5.74, 6) is -0.0288. The maximum absolute atomic E-state index is 11.5. The first kappa shape index (κ1) is 9.85. The van der Waals surface area contributed by atoms with Gasteiger partial charge >= 0.3 is 0 Å². The molecule has 0 radical (unpaired) electrons. The molecule has 0 fully saturated rings. The van der Waals surface area contributed by atoms with Crippen LogP contribution in [0.4, 0.5) is 5.82 Å². The van der Waals surface area contributed by atoms with E-state index >= 15 is 0 Å². The number of aromatic nitrogens is 5. The van der Waals surface area contributed by atoms with Crippen LogP contribution in [0.25, 0.3) is 0 Å². The molecule has 80 valence electrons. The third-order valence-electron chi connectivity index (χ3n) is 1.80. The number of carbonyl (C=O) groups is 1. The lowest BCUT2D eigenvalue weighted by Gasteiger charge is -2.02. The van der Waals surface area contributed by atoms with Gasteiger partial charge in [-0.2, -0.15) is 15.5 Å². The molecule has 2 aromatic rings. The molecule has 0 spiro atoms. The highest BCUT2D eigenvalue weighted by atomic mass is 16.2. The molecule has 2 rings (SSSR count). The molecular weight excluding hydrogens is 210 g/mol. The van der Waals surface area contributed by atoms with Crippen LogP contribution in [-0.4, -0.2) is 30.9 Å². The second-order valence-corrected chi connectivity index (χ2v) is 2.91. The molecule has 2 heterocycles. The summed E-state index contributed by atoms with van der Waals surface area (Å²) >= 11 is 0. The first-order valence-corrected chi connectivity index (χ1v) is 4.35. The number of amides is 1. The molecule has 0 aliphatic rings.